The second kappa shape index (κ2) is 6.08. The summed E-state index contributed by atoms with van der Waals surface area (Å²) in [6, 6.07) is 8.25. The minimum absolute atomic E-state index is 0.0235. The van der Waals surface area contributed by atoms with Gasteiger partial charge in [-0.15, -0.1) is 0 Å². The zero-order valence-corrected chi connectivity index (χ0v) is 13.1. The zero-order valence-electron chi connectivity index (χ0n) is 13.1. The number of fused-ring (bicyclic) bond motifs is 1. The number of rotatable bonds is 4. The number of imidazole rings is 1. The van der Waals surface area contributed by atoms with Crippen molar-refractivity contribution in [3.8, 4) is 11.4 Å². The van der Waals surface area contributed by atoms with E-state index in [0.29, 0.717) is 29.8 Å². The van der Waals surface area contributed by atoms with Gasteiger partial charge in [0.05, 0.1) is 11.0 Å². The molecule has 1 heterocycles. The number of aliphatic hydroxyl groups excluding tert-OH is 1. The monoisotopic (exact) mass is 316 g/mol. The number of halogens is 2. The first-order valence-corrected chi connectivity index (χ1v) is 7.55. The zero-order chi connectivity index (χ0) is 16.6. The Kier molecular flexibility index (Phi) is 4.13. The molecule has 0 aliphatic heterocycles. The third-order valence-electron chi connectivity index (χ3n) is 4.10. The van der Waals surface area contributed by atoms with E-state index in [1.807, 2.05) is 36.6 Å². The molecular formula is C18H18F2N2O. The Labute approximate surface area is 133 Å². The van der Waals surface area contributed by atoms with Gasteiger partial charge < -0.3 is 9.67 Å². The van der Waals surface area contributed by atoms with E-state index < -0.39 is 11.6 Å². The van der Waals surface area contributed by atoms with E-state index >= 15 is 0 Å². The molecule has 3 rings (SSSR count). The van der Waals surface area contributed by atoms with Gasteiger partial charge in [0.25, 0.3) is 0 Å². The highest BCUT2D eigenvalue weighted by molar-refractivity contribution is 5.81. The number of hydrogen-bond acceptors (Lipinski definition) is 2. The van der Waals surface area contributed by atoms with E-state index in [1.165, 1.54) is 11.6 Å². The van der Waals surface area contributed by atoms with Crippen LogP contribution in [0.3, 0.4) is 0 Å². The summed E-state index contributed by atoms with van der Waals surface area (Å²) in [5.74, 6) is -1.15. The smallest absolute Gasteiger partial charge is 0.161 e. The van der Waals surface area contributed by atoms with Gasteiger partial charge in [-0.3, -0.25) is 0 Å². The molecule has 0 aliphatic carbocycles. The molecule has 0 amide bonds. The summed E-state index contributed by atoms with van der Waals surface area (Å²) in [5.41, 5.74) is 4.13. The van der Waals surface area contributed by atoms with E-state index in [0.717, 1.165) is 17.2 Å². The average molecular weight is 316 g/mol. The molecule has 1 N–H and O–H groups in total. The van der Waals surface area contributed by atoms with Crippen molar-refractivity contribution in [2.75, 3.05) is 6.61 Å². The first kappa shape index (κ1) is 15.6. The van der Waals surface area contributed by atoms with Crippen molar-refractivity contribution < 1.29 is 13.9 Å². The molecule has 120 valence electrons. The molecule has 2 aromatic carbocycles. The Morgan fingerprint density at radius 1 is 1.04 bits per heavy atom. The third-order valence-corrected chi connectivity index (χ3v) is 4.10. The fourth-order valence-electron chi connectivity index (χ4n) is 2.68. The van der Waals surface area contributed by atoms with Crippen LogP contribution >= 0.6 is 0 Å². The maximum absolute atomic E-state index is 13.6. The van der Waals surface area contributed by atoms with Gasteiger partial charge in [0.15, 0.2) is 11.6 Å². The van der Waals surface area contributed by atoms with Crippen molar-refractivity contribution in [3.05, 3.63) is 53.1 Å². The largest absolute Gasteiger partial charge is 0.396 e. The fraction of sp³-hybridized carbons (Fsp3) is 0.278. The maximum atomic E-state index is 13.6. The minimum Gasteiger partial charge on any atom is -0.396 e. The van der Waals surface area contributed by atoms with Crippen molar-refractivity contribution in [2.24, 2.45) is 0 Å². The Morgan fingerprint density at radius 2 is 1.78 bits per heavy atom. The molecule has 0 saturated heterocycles. The van der Waals surface area contributed by atoms with Crippen LogP contribution in [-0.4, -0.2) is 21.3 Å². The van der Waals surface area contributed by atoms with E-state index in [1.54, 1.807) is 0 Å². The topological polar surface area (TPSA) is 38.0 Å². The first-order chi connectivity index (χ1) is 11.0. The summed E-state index contributed by atoms with van der Waals surface area (Å²) in [4.78, 5) is 4.48. The predicted molar refractivity (Wildman–Crippen MR) is 86.3 cm³/mol. The lowest BCUT2D eigenvalue weighted by atomic mass is 10.1. The summed E-state index contributed by atoms with van der Waals surface area (Å²) >= 11 is 0. The molecule has 0 atom stereocenters. The number of aliphatic hydroxyl groups is 1. The lowest BCUT2D eigenvalue weighted by Crippen LogP contribution is -2.03. The third kappa shape index (κ3) is 2.84. The van der Waals surface area contributed by atoms with E-state index in [4.69, 9.17) is 5.11 Å². The van der Waals surface area contributed by atoms with Gasteiger partial charge in [-0.1, -0.05) is 12.1 Å². The Hall–Kier alpha value is -2.27. The van der Waals surface area contributed by atoms with Gasteiger partial charge >= 0.3 is 0 Å². The number of aryl methyl sites for hydroxylation is 3. The van der Waals surface area contributed by atoms with Crippen LogP contribution in [0, 0.1) is 25.5 Å². The molecule has 3 nitrogen and oxygen atoms in total. The van der Waals surface area contributed by atoms with Gasteiger partial charge in [0.2, 0.25) is 0 Å². The van der Waals surface area contributed by atoms with Crippen molar-refractivity contribution in [1.29, 1.82) is 0 Å². The Bertz CT molecular complexity index is 871. The normalized spacial score (nSPS) is 11.3. The Morgan fingerprint density at radius 3 is 2.48 bits per heavy atom. The predicted octanol–water partition coefficient (Wildman–Crippen LogP) is 3.98. The number of nitrogens with zero attached hydrogens (tertiary/aromatic N) is 2. The molecule has 0 fully saturated rings. The van der Waals surface area contributed by atoms with Crippen LogP contribution in [0.2, 0.25) is 0 Å². The summed E-state index contributed by atoms with van der Waals surface area (Å²) in [5, 5.41) is 9.11. The minimum atomic E-state index is -0.907. The number of hydrogen-bond donors (Lipinski definition) is 1. The van der Waals surface area contributed by atoms with Gasteiger partial charge in [0, 0.05) is 30.8 Å². The Balaban J connectivity index is 2.23. The molecular weight excluding hydrogens is 298 g/mol. The van der Waals surface area contributed by atoms with Crippen LogP contribution in [0.15, 0.2) is 30.3 Å². The summed E-state index contributed by atoms with van der Waals surface area (Å²) < 4.78 is 28.9. The van der Waals surface area contributed by atoms with Crippen LogP contribution in [0.5, 0.6) is 0 Å². The van der Waals surface area contributed by atoms with Crippen LogP contribution < -0.4 is 0 Å². The molecule has 0 bridgehead atoms. The van der Waals surface area contributed by atoms with Gasteiger partial charge in [-0.25, -0.2) is 13.8 Å². The second-order valence-electron chi connectivity index (χ2n) is 5.72. The number of aromatic nitrogens is 2. The molecule has 0 aliphatic rings. The van der Waals surface area contributed by atoms with Gasteiger partial charge in [-0.05, 0) is 37.5 Å². The molecule has 23 heavy (non-hydrogen) atoms. The van der Waals surface area contributed by atoms with E-state index in [-0.39, 0.29) is 6.61 Å². The van der Waals surface area contributed by atoms with E-state index in [2.05, 4.69) is 4.98 Å². The lowest BCUT2D eigenvalue weighted by Gasteiger charge is -2.10. The fourth-order valence-corrected chi connectivity index (χ4v) is 2.68. The summed E-state index contributed by atoms with van der Waals surface area (Å²) in [6.45, 7) is 4.55. The summed E-state index contributed by atoms with van der Waals surface area (Å²) in [6.07, 6.45) is 0.516. The molecule has 3 aromatic rings. The highest BCUT2D eigenvalue weighted by atomic mass is 19.2. The van der Waals surface area contributed by atoms with Crippen molar-refractivity contribution >= 4 is 11.0 Å². The molecule has 0 unspecified atom stereocenters. The van der Waals surface area contributed by atoms with E-state index in [9.17, 15) is 8.78 Å². The molecule has 0 spiro atoms. The van der Waals surface area contributed by atoms with Crippen molar-refractivity contribution in [2.45, 2.75) is 26.8 Å². The van der Waals surface area contributed by atoms with Gasteiger partial charge in [0.1, 0.15) is 5.82 Å². The van der Waals surface area contributed by atoms with Crippen molar-refractivity contribution in [3.63, 3.8) is 0 Å². The van der Waals surface area contributed by atoms with Crippen LogP contribution in [-0.2, 0) is 6.54 Å². The van der Waals surface area contributed by atoms with Gasteiger partial charge in [-0.2, -0.15) is 0 Å². The first-order valence-electron chi connectivity index (χ1n) is 7.55. The van der Waals surface area contributed by atoms with Crippen LogP contribution in [0.1, 0.15) is 17.5 Å². The quantitative estimate of drug-likeness (QED) is 0.790. The molecule has 5 heteroatoms. The lowest BCUT2D eigenvalue weighted by molar-refractivity contribution is 0.281. The average Bonchev–Trinajstić information content (AvgIpc) is 2.86. The van der Waals surface area contributed by atoms with Crippen molar-refractivity contribution in [1.82, 2.24) is 9.55 Å². The summed E-state index contributed by atoms with van der Waals surface area (Å²) in [7, 11) is 0. The number of benzene rings is 2. The second-order valence-corrected chi connectivity index (χ2v) is 5.72. The maximum Gasteiger partial charge on any atom is 0.161 e. The highest BCUT2D eigenvalue weighted by Crippen LogP contribution is 2.28. The van der Waals surface area contributed by atoms with Crippen LogP contribution in [0.4, 0.5) is 8.78 Å². The van der Waals surface area contributed by atoms with Crippen LogP contribution in [0.25, 0.3) is 22.4 Å². The molecule has 1 aromatic heterocycles. The SMILES string of the molecule is Cc1ccc(-c2nc3cc(F)c(F)cc3n2CCCO)cc1C. The standard InChI is InChI=1S/C18H18F2N2O/c1-11-4-5-13(8-12(11)2)18-21-16-9-14(19)15(20)10-17(16)22(18)6-3-7-23/h4-5,8-10,23H,3,6-7H2,1-2H3. The molecule has 0 saturated carbocycles. The molecule has 0 radical (unpaired) electrons. The highest BCUT2D eigenvalue weighted by Gasteiger charge is 2.16.